The molecule has 6 heteroatoms. The van der Waals surface area contributed by atoms with Crippen molar-refractivity contribution in [2.45, 2.75) is 82.9 Å². The van der Waals surface area contributed by atoms with Gasteiger partial charge in [0.15, 0.2) is 0 Å². The molecule has 0 bridgehead atoms. The van der Waals surface area contributed by atoms with Gasteiger partial charge in [-0.05, 0) is 54.0 Å². The lowest BCUT2D eigenvalue weighted by Gasteiger charge is -2.40. The zero-order valence-corrected chi connectivity index (χ0v) is 21.9. The first kappa shape index (κ1) is 27.9. The van der Waals surface area contributed by atoms with E-state index in [-0.39, 0.29) is 24.5 Å². The molecule has 1 aliphatic rings. The number of benzene rings is 2. The van der Waals surface area contributed by atoms with Gasteiger partial charge in [-0.2, -0.15) is 0 Å². The monoisotopic (exact) mass is 496 g/mol. The number of aliphatic hydroxyl groups is 1. The molecule has 1 saturated carbocycles. The Labute approximate surface area is 215 Å². The van der Waals surface area contributed by atoms with Gasteiger partial charge in [0.25, 0.3) is 0 Å². The summed E-state index contributed by atoms with van der Waals surface area (Å²) in [6, 6.07) is 12.6. The first-order valence-electron chi connectivity index (χ1n) is 13.1. The molecule has 3 rings (SSSR count). The summed E-state index contributed by atoms with van der Waals surface area (Å²) < 4.78 is 19.7. The van der Waals surface area contributed by atoms with Crippen LogP contribution in [0.3, 0.4) is 0 Å². The van der Waals surface area contributed by atoms with Gasteiger partial charge >= 0.3 is 0 Å². The molecule has 36 heavy (non-hydrogen) atoms. The molecule has 0 aromatic heterocycles. The van der Waals surface area contributed by atoms with Crippen molar-refractivity contribution in [3.05, 3.63) is 77.6 Å². The molecule has 5 nitrogen and oxygen atoms in total. The summed E-state index contributed by atoms with van der Waals surface area (Å²) in [6.07, 6.45) is 6.47. The third-order valence-corrected chi connectivity index (χ3v) is 7.07. The van der Waals surface area contributed by atoms with Crippen molar-refractivity contribution in [3.63, 3.8) is 0 Å². The lowest BCUT2D eigenvalue weighted by Crippen LogP contribution is -2.53. The van der Waals surface area contributed by atoms with E-state index in [2.05, 4.69) is 55.3 Å². The number of carbonyl (C=O) groups is 1. The first-order valence-corrected chi connectivity index (χ1v) is 13.1. The summed E-state index contributed by atoms with van der Waals surface area (Å²) in [5, 5.41) is 17.8. The molecule has 0 saturated heterocycles. The van der Waals surface area contributed by atoms with Crippen molar-refractivity contribution in [1.29, 1.82) is 0 Å². The second-order valence-electron chi connectivity index (χ2n) is 10.3. The molecular formula is C30H41FN2O3. The van der Waals surface area contributed by atoms with E-state index >= 15 is 0 Å². The summed E-state index contributed by atoms with van der Waals surface area (Å²) in [7, 11) is 0. The van der Waals surface area contributed by atoms with Crippen LogP contribution in [0.4, 0.5) is 4.39 Å². The first-order chi connectivity index (χ1) is 17.2. The highest BCUT2D eigenvalue weighted by Gasteiger charge is 2.35. The number of halogens is 1. The van der Waals surface area contributed by atoms with Crippen LogP contribution in [0.15, 0.2) is 55.1 Å². The minimum atomic E-state index is -0.859. The Morgan fingerprint density at radius 2 is 1.94 bits per heavy atom. The third-order valence-electron chi connectivity index (χ3n) is 7.07. The lowest BCUT2D eigenvalue weighted by atomic mass is 9.75. The molecule has 0 aliphatic heterocycles. The van der Waals surface area contributed by atoms with Crippen molar-refractivity contribution in [1.82, 2.24) is 10.6 Å². The van der Waals surface area contributed by atoms with E-state index in [1.807, 2.05) is 0 Å². The van der Waals surface area contributed by atoms with Gasteiger partial charge in [0.2, 0.25) is 5.91 Å². The molecule has 2 aromatic carbocycles. The summed E-state index contributed by atoms with van der Waals surface area (Å²) in [5.74, 6) is 0.166. The number of amides is 1. The molecule has 0 spiro atoms. The fraction of sp³-hybridized carbons (Fsp3) is 0.500. The molecule has 0 unspecified atom stereocenters. The van der Waals surface area contributed by atoms with E-state index in [9.17, 15) is 14.3 Å². The predicted octanol–water partition coefficient (Wildman–Crippen LogP) is 5.37. The number of carbonyl (C=O) groups excluding carboxylic acids is 1. The van der Waals surface area contributed by atoms with Crippen LogP contribution in [0.5, 0.6) is 5.75 Å². The Morgan fingerprint density at radius 1 is 1.19 bits per heavy atom. The number of hydrogen-bond acceptors (Lipinski definition) is 4. The summed E-state index contributed by atoms with van der Waals surface area (Å²) in [6.45, 7) is 10.0. The van der Waals surface area contributed by atoms with Crippen molar-refractivity contribution in [2.75, 3.05) is 13.2 Å². The maximum absolute atomic E-state index is 14.2. The normalized spacial score (nSPS) is 16.8. The van der Waals surface area contributed by atoms with Crippen molar-refractivity contribution in [3.8, 4) is 5.75 Å². The van der Waals surface area contributed by atoms with E-state index in [0.29, 0.717) is 23.8 Å². The van der Waals surface area contributed by atoms with Gasteiger partial charge in [0.05, 0.1) is 12.1 Å². The average Bonchev–Trinajstić information content (AvgIpc) is 2.85. The SMILES string of the molecule is C=CCOc1cc(F)cc(C[C@H](NC(C)=O)[C@@H](O)CNC2(c3cccc(C(C)C)c3)CCCCC2)c1. The number of nitrogens with one attached hydrogen (secondary N) is 2. The molecule has 1 aliphatic carbocycles. The largest absolute Gasteiger partial charge is 0.489 e. The highest BCUT2D eigenvalue weighted by Crippen LogP contribution is 2.38. The van der Waals surface area contributed by atoms with Gasteiger partial charge in [-0.15, -0.1) is 0 Å². The number of rotatable bonds is 12. The van der Waals surface area contributed by atoms with Gasteiger partial charge in [0, 0.05) is 25.1 Å². The van der Waals surface area contributed by atoms with Crippen LogP contribution >= 0.6 is 0 Å². The zero-order chi connectivity index (χ0) is 26.1. The van der Waals surface area contributed by atoms with Crippen LogP contribution in [0, 0.1) is 5.82 Å². The number of aliphatic hydroxyl groups excluding tert-OH is 1. The Morgan fingerprint density at radius 3 is 2.61 bits per heavy atom. The van der Waals surface area contributed by atoms with E-state index in [1.54, 1.807) is 12.1 Å². The van der Waals surface area contributed by atoms with Crippen molar-refractivity contribution < 1.29 is 19.0 Å². The Hall–Kier alpha value is -2.70. The van der Waals surface area contributed by atoms with Gasteiger partial charge in [-0.1, -0.05) is 70.0 Å². The lowest BCUT2D eigenvalue weighted by molar-refractivity contribution is -0.120. The molecule has 196 valence electrons. The highest BCUT2D eigenvalue weighted by molar-refractivity contribution is 5.73. The third kappa shape index (κ3) is 7.65. The van der Waals surface area contributed by atoms with Crippen LogP contribution in [-0.2, 0) is 16.8 Å². The average molecular weight is 497 g/mol. The van der Waals surface area contributed by atoms with Gasteiger partial charge in [-0.25, -0.2) is 4.39 Å². The smallest absolute Gasteiger partial charge is 0.217 e. The van der Waals surface area contributed by atoms with Gasteiger partial charge < -0.3 is 20.5 Å². The zero-order valence-electron chi connectivity index (χ0n) is 21.9. The molecule has 1 fully saturated rings. The topological polar surface area (TPSA) is 70.6 Å². The Bertz CT molecular complexity index is 1020. The Balaban J connectivity index is 1.78. The molecule has 0 radical (unpaired) electrons. The van der Waals surface area contributed by atoms with Crippen LogP contribution < -0.4 is 15.4 Å². The molecule has 0 heterocycles. The number of ether oxygens (including phenoxy) is 1. The molecule has 1 amide bonds. The standard InChI is InChI=1S/C30H41FN2O3/c1-5-14-36-27-16-23(15-26(31)19-27)17-28(33-22(4)34)29(35)20-32-30(12-7-6-8-13-30)25-11-9-10-24(18-25)21(2)3/h5,9-11,15-16,18-19,21,28-29,32,35H,1,6-8,12-14,17,20H2,2-4H3,(H,33,34)/t28-,29-/m0/s1. The van der Waals surface area contributed by atoms with E-state index in [1.165, 1.54) is 36.6 Å². The van der Waals surface area contributed by atoms with Crippen LogP contribution in [0.1, 0.15) is 75.5 Å². The van der Waals surface area contributed by atoms with Crippen LogP contribution in [-0.4, -0.2) is 36.3 Å². The molecule has 2 aromatic rings. The molecular weight excluding hydrogens is 455 g/mol. The van der Waals surface area contributed by atoms with E-state index in [0.717, 1.165) is 25.7 Å². The van der Waals surface area contributed by atoms with Gasteiger partial charge in [0.1, 0.15) is 18.2 Å². The van der Waals surface area contributed by atoms with E-state index in [4.69, 9.17) is 4.74 Å². The Kier molecular flexibility index (Phi) is 10.1. The minimum Gasteiger partial charge on any atom is -0.489 e. The summed E-state index contributed by atoms with van der Waals surface area (Å²) in [4.78, 5) is 12.0. The van der Waals surface area contributed by atoms with Crippen LogP contribution in [0.2, 0.25) is 0 Å². The quantitative estimate of drug-likeness (QED) is 0.346. The van der Waals surface area contributed by atoms with E-state index < -0.39 is 18.0 Å². The maximum Gasteiger partial charge on any atom is 0.217 e. The van der Waals surface area contributed by atoms with Gasteiger partial charge in [-0.3, -0.25) is 4.79 Å². The van der Waals surface area contributed by atoms with Crippen molar-refractivity contribution >= 4 is 5.91 Å². The number of hydrogen-bond donors (Lipinski definition) is 3. The summed E-state index contributed by atoms with van der Waals surface area (Å²) >= 11 is 0. The molecule has 2 atom stereocenters. The predicted molar refractivity (Wildman–Crippen MR) is 143 cm³/mol. The second kappa shape index (κ2) is 13.0. The van der Waals surface area contributed by atoms with Crippen LogP contribution in [0.25, 0.3) is 0 Å². The summed E-state index contributed by atoms with van der Waals surface area (Å²) in [5.41, 5.74) is 2.99. The molecule has 3 N–H and O–H groups in total. The highest BCUT2D eigenvalue weighted by atomic mass is 19.1. The van der Waals surface area contributed by atoms with Crippen molar-refractivity contribution in [2.24, 2.45) is 0 Å². The fourth-order valence-corrected chi connectivity index (χ4v) is 5.14. The maximum atomic E-state index is 14.2. The second-order valence-corrected chi connectivity index (χ2v) is 10.3. The minimum absolute atomic E-state index is 0.213. The fourth-order valence-electron chi connectivity index (χ4n) is 5.14.